The van der Waals surface area contributed by atoms with Crippen LogP contribution >= 0.6 is 0 Å². The molecular formula is C24H23FN4O2. The summed E-state index contributed by atoms with van der Waals surface area (Å²) in [7, 11) is 0. The van der Waals surface area contributed by atoms with Crippen molar-refractivity contribution in [3.05, 3.63) is 76.1 Å². The van der Waals surface area contributed by atoms with Gasteiger partial charge in [0, 0.05) is 56.2 Å². The van der Waals surface area contributed by atoms with Gasteiger partial charge in [0.2, 0.25) is 5.43 Å². The smallest absolute Gasteiger partial charge is 0.200 e. The number of nitrogens with one attached hydrogen (secondary N) is 1. The Hall–Kier alpha value is -3.32. The number of carbonyl (C=O) groups is 1. The fourth-order valence-electron chi connectivity index (χ4n) is 4.07. The maximum absolute atomic E-state index is 15.0. The van der Waals surface area contributed by atoms with Gasteiger partial charge in [-0.3, -0.25) is 14.6 Å². The highest BCUT2D eigenvalue weighted by Gasteiger charge is 2.27. The van der Waals surface area contributed by atoms with Crippen LogP contribution in [0.15, 0.2) is 53.7 Å². The van der Waals surface area contributed by atoms with Crippen LogP contribution in [0.25, 0.3) is 17.0 Å². The first-order valence-corrected chi connectivity index (χ1v) is 10.6. The zero-order chi connectivity index (χ0) is 21.4. The molecule has 0 atom stereocenters. The van der Waals surface area contributed by atoms with Gasteiger partial charge in [-0.15, -0.1) is 0 Å². The van der Waals surface area contributed by atoms with Crippen LogP contribution in [0, 0.1) is 5.82 Å². The van der Waals surface area contributed by atoms with Gasteiger partial charge in [-0.1, -0.05) is 6.07 Å². The van der Waals surface area contributed by atoms with E-state index in [0.29, 0.717) is 24.3 Å². The highest BCUT2D eigenvalue weighted by Crippen LogP contribution is 2.38. The summed E-state index contributed by atoms with van der Waals surface area (Å²) in [5.74, 6) is -0.818. The predicted octanol–water partition coefficient (Wildman–Crippen LogP) is 3.18. The van der Waals surface area contributed by atoms with Crippen molar-refractivity contribution in [2.75, 3.05) is 31.1 Å². The standard InChI is InChI=1S/C24H23FN4O2/c25-20-12-18-21(13-22(20)28-10-8-26-9-11-28)29(17-4-5-17)15-19(24(18)31)23(30)6-3-16-2-1-7-27-14-16/h1-3,6-7,12-15,17,26H,4-5,8-11H2. The molecule has 0 amide bonds. The van der Waals surface area contributed by atoms with Gasteiger partial charge in [-0.05, 0) is 48.8 Å². The molecule has 0 radical (unpaired) electrons. The molecule has 31 heavy (non-hydrogen) atoms. The number of benzene rings is 1. The molecule has 2 aliphatic rings. The Morgan fingerprint density at radius 1 is 1.23 bits per heavy atom. The zero-order valence-electron chi connectivity index (χ0n) is 17.1. The van der Waals surface area contributed by atoms with Crippen molar-refractivity contribution in [1.29, 1.82) is 0 Å². The van der Waals surface area contributed by atoms with Crippen LogP contribution < -0.4 is 15.6 Å². The van der Waals surface area contributed by atoms with Crippen LogP contribution in [0.3, 0.4) is 0 Å². The second-order valence-electron chi connectivity index (χ2n) is 8.05. The maximum atomic E-state index is 15.0. The van der Waals surface area contributed by atoms with Gasteiger partial charge in [0.25, 0.3) is 0 Å². The minimum Gasteiger partial charge on any atom is -0.367 e. The molecule has 0 spiro atoms. The highest BCUT2D eigenvalue weighted by atomic mass is 19.1. The summed E-state index contributed by atoms with van der Waals surface area (Å²) in [4.78, 5) is 32.0. The molecular weight excluding hydrogens is 395 g/mol. The first kappa shape index (κ1) is 19.6. The molecule has 3 aromatic rings. The quantitative estimate of drug-likeness (QED) is 0.509. The fraction of sp³-hybridized carbons (Fsp3) is 0.292. The number of aromatic nitrogens is 2. The van der Waals surface area contributed by atoms with Crippen molar-refractivity contribution in [2.24, 2.45) is 0 Å². The van der Waals surface area contributed by atoms with E-state index in [9.17, 15) is 9.59 Å². The highest BCUT2D eigenvalue weighted by molar-refractivity contribution is 6.08. The Morgan fingerprint density at radius 3 is 2.74 bits per heavy atom. The number of ketones is 1. The van der Waals surface area contributed by atoms with Gasteiger partial charge in [0.15, 0.2) is 5.78 Å². The Labute approximate surface area is 179 Å². The van der Waals surface area contributed by atoms with Gasteiger partial charge in [-0.25, -0.2) is 4.39 Å². The lowest BCUT2D eigenvalue weighted by atomic mass is 10.1. The summed E-state index contributed by atoms with van der Waals surface area (Å²) in [5, 5.41) is 3.52. The minimum atomic E-state index is -0.432. The number of piperazine rings is 1. The Kier molecular flexibility index (Phi) is 5.11. The van der Waals surface area contributed by atoms with Gasteiger partial charge >= 0.3 is 0 Å². The number of hydrogen-bond donors (Lipinski definition) is 1. The second kappa shape index (κ2) is 8.07. The average Bonchev–Trinajstić information content (AvgIpc) is 3.64. The monoisotopic (exact) mass is 418 g/mol. The summed E-state index contributed by atoms with van der Waals surface area (Å²) in [6.07, 6.45) is 9.92. The SMILES string of the molecule is O=C(C=Cc1cccnc1)c1cn(C2CC2)c2cc(N3CCNCC3)c(F)cc2c1=O. The number of fused-ring (bicyclic) bond motifs is 1. The Bertz CT molecular complexity index is 1230. The molecule has 158 valence electrons. The molecule has 1 aliphatic heterocycles. The van der Waals surface area contributed by atoms with Crippen molar-refractivity contribution in [3.8, 4) is 0 Å². The molecule has 6 nitrogen and oxygen atoms in total. The van der Waals surface area contributed by atoms with Gasteiger partial charge in [0.05, 0.1) is 16.8 Å². The van der Waals surface area contributed by atoms with E-state index in [-0.39, 0.29) is 17.0 Å². The van der Waals surface area contributed by atoms with Crippen molar-refractivity contribution in [1.82, 2.24) is 14.9 Å². The number of nitrogens with zero attached hydrogens (tertiary/aromatic N) is 3. The van der Waals surface area contributed by atoms with E-state index in [2.05, 4.69) is 10.3 Å². The van der Waals surface area contributed by atoms with E-state index >= 15 is 4.39 Å². The van der Waals surface area contributed by atoms with E-state index < -0.39 is 17.0 Å². The van der Waals surface area contributed by atoms with Crippen LogP contribution in [0.4, 0.5) is 10.1 Å². The van der Waals surface area contributed by atoms with E-state index in [4.69, 9.17) is 0 Å². The fourth-order valence-corrected chi connectivity index (χ4v) is 4.07. The molecule has 1 saturated carbocycles. The molecule has 2 aromatic heterocycles. The number of halogens is 1. The third kappa shape index (κ3) is 3.88. The van der Waals surface area contributed by atoms with Gasteiger partial charge in [-0.2, -0.15) is 0 Å². The van der Waals surface area contributed by atoms with Gasteiger partial charge in [0.1, 0.15) is 5.82 Å². The molecule has 1 aromatic carbocycles. The first-order valence-electron chi connectivity index (χ1n) is 10.6. The Morgan fingerprint density at radius 2 is 2.03 bits per heavy atom. The lowest BCUT2D eigenvalue weighted by molar-refractivity contribution is 0.104. The third-order valence-corrected chi connectivity index (χ3v) is 5.88. The molecule has 7 heteroatoms. The summed E-state index contributed by atoms with van der Waals surface area (Å²) in [6, 6.07) is 6.91. The molecule has 2 fully saturated rings. The zero-order valence-corrected chi connectivity index (χ0v) is 17.1. The summed E-state index contributed by atoms with van der Waals surface area (Å²) < 4.78 is 17.0. The molecule has 1 aliphatic carbocycles. The maximum Gasteiger partial charge on any atom is 0.200 e. The molecule has 1 saturated heterocycles. The van der Waals surface area contributed by atoms with E-state index in [0.717, 1.165) is 31.5 Å². The molecule has 1 N–H and O–H groups in total. The summed E-state index contributed by atoms with van der Waals surface area (Å²) in [5.41, 5.74) is 1.60. The first-order chi connectivity index (χ1) is 15.1. The van der Waals surface area contributed by atoms with E-state index in [1.54, 1.807) is 36.8 Å². The normalized spacial score (nSPS) is 16.9. The topological polar surface area (TPSA) is 67.2 Å². The largest absolute Gasteiger partial charge is 0.367 e. The Balaban J connectivity index is 1.59. The van der Waals surface area contributed by atoms with E-state index in [1.807, 2.05) is 15.5 Å². The lowest BCUT2D eigenvalue weighted by Gasteiger charge is -2.30. The van der Waals surface area contributed by atoms with Crippen molar-refractivity contribution < 1.29 is 9.18 Å². The lowest BCUT2D eigenvalue weighted by Crippen LogP contribution is -2.43. The molecule has 5 rings (SSSR count). The molecule has 0 bridgehead atoms. The number of carbonyl (C=O) groups excluding carboxylic acids is 1. The second-order valence-corrected chi connectivity index (χ2v) is 8.05. The van der Waals surface area contributed by atoms with Crippen LogP contribution in [0.1, 0.15) is 34.8 Å². The third-order valence-electron chi connectivity index (χ3n) is 5.88. The van der Waals surface area contributed by atoms with E-state index in [1.165, 1.54) is 12.1 Å². The summed E-state index contributed by atoms with van der Waals surface area (Å²) >= 11 is 0. The number of anilines is 1. The van der Waals surface area contributed by atoms with Crippen LogP contribution in [-0.2, 0) is 0 Å². The summed E-state index contributed by atoms with van der Waals surface area (Å²) in [6.45, 7) is 3.02. The number of pyridine rings is 2. The number of allylic oxidation sites excluding steroid dienone is 1. The van der Waals surface area contributed by atoms with Crippen molar-refractivity contribution >= 4 is 28.4 Å². The van der Waals surface area contributed by atoms with Crippen LogP contribution in [0.2, 0.25) is 0 Å². The van der Waals surface area contributed by atoms with Crippen molar-refractivity contribution in [3.63, 3.8) is 0 Å². The molecule has 3 heterocycles. The minimum absolute atomic E-state index is 0.0638. The van der Waals surface area contributed by atoms with Crippen molar-refractivity contribution in [2.45, 2.75) is 18.9 Å². The molecule has 0 unspecified atom stereocenters. The van der Waals surface area contributed by atoms with Gasteiger partial charge < -0.3 is 14.8 Å². The number of rotatable bonds is 5. The van der Waals surface area contributed by atoms with Crippen LogP contribution in [0.5, 0.6) is 0 Å². The van der Waals surface area contributed by atoms with Crippen LogP contribution in [-0.4, -0.2) is 41.5 Å². The number of hydrogen-bond acceptors (Lipinski definition) is 5. The average molecular weight is 418 g/mol. The predicted molar refractivity (Wildman–Crippen MR) is 119 cm³/mol.